The van der Waals surface area contributed by atoms with Gasteiger partial charge in [0.2, 0.25) is 5.82 Å². The van der Waals surface area contributed by atoms with E-state index in [4.69, 9.17) is 16.7 Å². The Labute approximate surface area is 100 Å². The largest absolute Gasteiger partial charge is 0.505 e. The zero-order valence-electron chi connectivity index (χ0n) is 8.35. The van der Waals surface area contributed by atoms with Crippen LogP contribution in [-0.2, 0) is 0 Å². The van der Waals surface area contributed by atoms with E-state index in [1.54, 1.807) is 0 Å². The normalized spacial score (nSPS) is 10.6. The first-order chi connectivity index (χ1) is 7.99. The van der Waals surface area contributed by atoms with Gasteiger partial charge in [0.1, 0.15) is 5.82 Å². The van der Waals surface area contributed by atoms with Crippen LogP contribution in [0, 0.1) is 17.5 Å². The number of benzene rings is 2. The summed E-state index contributed by atoms with van der Waals surface area (Å²) < 4.78 is 39.7. The maximum absolute atomic E-state index is 13.5. The number of phenols is 1. The highest BCUT2D eigenvalue weighted by Crippen LogP contribution is 2.30. The maximum Gasteiger partial charge on any atom is 0.200 e. The SMILES string of the molecule is Oc1ccc(-c2cc(F)cc(Cl)c2)c(F)c1F. The molecule has 17 heavy (non-hydrogen) atoms. The molecule has 0 spiro atoms. The lowest BCUT2D eigenvalue weighted by Gasteiger charge is -2.06. The van der Waals surface area contributed by atoms with Gasteiger partial charge in [-0.3, -0.25) is 0 Å². The number of rotatable bonds is 1. The number of hydrogen-bond acceptors (Lipinski definition) is 1. The van der Waals surface area contributed by atoms with E-state index in [0.29, 0.717) is 0 Å². The topological polar surface area (TPSA) is 20.2 Å². The van der Waals surface area contributed by atoms with Crippen molar-refractivity contribution in [1.29, 1.82) is 0 Å². The van der Waals surface area contributed by atoms with Crippen molar-refractivity contribution in [3.05, 3.63) is 52.8 Å². The van der Waals surface area contributed by atoms with Crippen LogP contribution in [0.25, 0.3) is 11.1 Å². The van der Waals surface area contributed by atoms with E-state index >= 15 is 0 Å². The smallest absolute Gasteiger partial charge is 0.200 e. The second kappa shape index (κ2) is 4.30. The summed E-state index contributed by atoms with van der Waals surface area (Å²) in [5, 5.41) is 9.04. The predicted octanol–water partition coefficient (Wildman–Crippen LogP) is 4.13. The molecule has 0 bridgehead atoms. The number of halogens is 4. The van der Waals surface area contributed by atoms with E-state index < -0.39 is 23.2 Å². The van der Waals surface area contributed by atoms with Crippen molar-refractivity contribution in [3.63, 3.8) is 0 Å². The summed E-state index contributed by atoms with van der Waals surface area (Å²) in [5.41, 5.74) is -0.0619. The molecule has 0 heterocycles. The average Bonchev–Trinajstić information content (AvgIpc) is 2.24. The Morgan fingerprint density at radius 1 is 0.941 bits per heavy atom. The molecular weight excluding hydrogens is 253 g/mol. The van der Waals surface area contributed by atoms with Gasteiger partial charge in [-0.2, -0.15) is 4.39 Å². The predicted molar refractivity (Wildman–Crippen MR) is 58.4 cm³/mol. The van der Waals surface area contributed by atoms with Crippen molar-refractivity contribution in [2.75, 3.05) is 0 Å². The second-order valence-electron chi connectivity index (χ2n) is 3.42. The van der Waals surface area contributed by atoms with Crippen LogP contribution >= 0.6 is 11.6 Å². The van der Waals surface area contributed by atoms with E-state index in [1.807, 2.05) is 0 Å². The Hall–Kier alpha value is -1.68. The summed E-state index contributed by atoms with van der Waals surface area (Å²) in [7, 11) is 0. The highest BCUT2D eigenvalue weighted by Gasteiger charge is 2.15. The molecule has 0 amide bonds. The fourth-order valence-corrected chi connectivity index (χ4v) is 1.69. The minimum Gasteiger partial charge on any atom is -0.505 e. The third-order valence-electron chi connectivity index (χ3n) is 2.24. The van der Waals surface area contributed by atoms with Crippen LogP contribution in [0.3, 0.4) is 0 Å². The molecule has 0 unspecified atom stereocenters. The van der Waals surface area contributed by atoms with E-state index in [-0.39, 0.29) is 16.1 Å². The first-order valence-electron chi connectivity index (χ1n) is 4.62. The second-order valence-corrected chi connectivity index (χ2v) is 3.85. The van der Waals surface area contributed by atoms with Crippen molar-refractivity contribution >= 4 is 11.6 Å². The molecule has 0 radical (unpaired) electrons. The third kappa shape index (κ3) is 2.22. The van der Waals surface area contributed by atoms with E-state index in [9.17, 15) is 13.2 Å². The van der Waals surface area contributed by atoms with Crippen LogP contribution < -0.4 is 0 Å². The average molecular weight is 259 g/mol. The van der Waals surface area contributed by atoms with Gasteiger partial charge in [-0.25, -0.2) is 8.78 Å². The lowest BCUT2D eigenvalue weighted by atomic mass is 10.0. The van der Waals surface area contributed by atoms with Gasteiger partial charge in [-0.1, -0.05) is 11.6 Å². The van der Waals surface area contributed by atoms with E-state index in [1.165, 1.54) is 6.07 Å². The molecule has 0 aliphatic heterocycles. The van der Waals surface area contributed by atoms with Crippen molar-refractivity contribution in [3.8, 4) is 16.9 Å². The van der Waals surface area contributed by atoms with E-state index in [0.717, 1.165) is 24.3 Å². The summed E-state index contributed by atoms with van der Waals surface area (Å²) >= 11 is 5.62. The molecular formula is C12H6ClF3O. The monoisotopic (exact) mass is 258 g/mol. The first-order valence-corrected chi connectivity index (χ1v) is 5.00. The van der Waals surface area contributed by atoms with Crippen LogP contribution in [0.15, 0.2) is 30.3 Å². The van der Waals surface area contributed by atoms with Crippen LogP contribution in [0.1, 0.15) is 0 Å². The van der Waals surface area contributed by atoms with Crippen molar-refractivity contribution in [2.45, 2.75) is 0 Å². The highest BCUT2D eigenvalue weighted by molar-refractivity contribution is 6.30. The Kier molecular flexibility index (Phi) is 2.98. The van der Waals surface area contributed by atoms with Crippen LogP contribution in [0.5, 0.6) is 5.75 Å². The van der Waals surface area contributed by atoms with Crippen molar-refractivity contribution in [1.82, 2.24) is 0 Å². The number of aromatic hydroxyl groups is 1. The number of hydrogen-bond donors (Lipinski definition) is 1. The molecule has 0 fully saturated rings. The molecule has 2 aromatic rings. The van der Waals surface area contributed by atoms with Gasteiger partial charge < -0.3 is 5.11 Å². The summed E-state index contributed by atoms with van der Waals surface area (Å²) in [4.78, 5) is 0. The van der Waals surface area contributed by atoms with Gasteiger partial charge in [-0.15, -0.1) is 0 Å². The summed E-state index contributed by atoms with van der Waals surface area (Å²) in [6.07, 6.45) is 0. The van der Waals surface area contributed by atoms with Gasteiger partial charge >= 0.3 is 0 Å². The Balaban J connectivity index is 2.64. The maximum atomic E-state index is 13.5. The Morgan fingerprint density at radius 3 is 2.29 bits per heavy atom. The highest BCUT2D eigenvalue weighted by atomic mass is 35.5. The molecule has 88 valence electrons. The zero-order chi connectivity index (χ0) is 12.6. The molecule has 5 heteroatoms. The van der Waals surface area contributed by atoms with Gasteiger partial charge in [0.05, 0.1) is 0 Å². The molecule has 0 aromatic heterocycles. The van der Waals surface area contributed by atoms with Crippen LogP contribution in [-0.4, -0.2) is 5.11 Å². The fraction of sp³-hybridized carbons (Fsp3) is 0. The summed E-state index contributed by atoms with van der Waals surface area (Å²) in [6.45, 7) is 0. The molecule has 0 atom stereocenters. The molecule has 2 rings (SSSR count). The summed E-state index contributed by atoms with van der Waals surface area (Å²) in [5.74, 6) is -4.07. The molecule has 0 saturated heterocycles. The minimum absolute atomic E-state index is 0.0767. The Bertz CT molecular complexity index is 564. The molecule has 2 aromatic carbocycles. The van der Waals surface area contributed by atoms with Gasteiger partial charge in [0, 0.05) is 10.6 Å². The lowest BCUT2D eigenvalue weighted by Crippen LogP contribution is -1.91. The van der Waals surface area contributed by atoms with Gasteiger partial charge in [-0.05, 0) is 35.9 Å². The van der Waals surface area contributed by atoms with E-state index in [2.05, 4.69) is 0 Å². The molecule has 1 nitrogen and oxygen atoms in total. The van der Waals surface area contributed by atoms with Crippen molar-refractivity contribution in [2.24, 2.45) is 0 Å². The van der Waals surface area contributed by atoms with Crippen LogP contribution in [0.2, 0.25) is 5.02 Å². The van der Waals surface area contributed by atoms with Gasteiger partial charge in [0.25, 0.3) is 0 Å². The Morgan fingerprint density at radius 2 is 1.65 bits per heavy atom. The standard InChI is InChI=1S/C12H6ClF3O/c13-7-3-6(4-8(14)5-7)9-1-2-10(17)12(16)11(9)15/h1-5,17H. The van der Waals surface area contributed by atoms with Crippen LogP contribution in [0.4, 0.5) is 13.2 Å². The lowest BCUT2D eigenvalue weighted by molar-refractivity contribution is 0.408. The van der Waals surface area contributed by atoms with Gasteiger partial charge in [0.15, 0.2) is 11.6 Å². The summed E-state index contributed by atoms with van der Waals surface area (Å²) in [6, 6.07) is 5.53. The quantitative estimate of drug-likeness (QED) is 0.815. The molecule has 0 saturated carbocycles. The number of phenolic OH excluding ortho intramolecular Hbond substituents is 1. The minimum atomic E-state index is -1.37. The zero-order valence-corrected chi connectivity index (χ0v) is 9.10. The molecule has 0 aliphatic rings. The fourth-order valence-electron chi connectivity index (χ4n) is 1.47. The first kappa shape index (κ1) is 11.8. The van der Waals surface area contributed by atoms with Crippen molar-refractivity contribution < 1.29 is 18.3 Å². The third-order valence-corrected chi connectivity index (χ3v) is 2.45. The molecule has 0 aliphatic carbocycles. The molecule has 1 N–H and O–H groups in total.